The molecular formula is C21H21N3O3S2. The van der Waals surface area contributed by atoms with Gasteiger partial charge in [-0.05, 0) is 43.3 Å². The van der Waals surface area contributed by atoms with Crippen molar-refractivity contribution in [3.8, 4) is 17.0 Å². The Labute approximate surface area is 177 Å². The summed E-state index contributed by atoms with van der Waals surface area (Å²) in [6.45, 7) is 4.04. The summed E-state index contributed by atoms with van der Waals surface area (Å²) < 4.78 is 5.41. The van der Waals surface area contributed by atoms with Crippen LogP contribution in [0.1, 0.15) is 13.8 Å². The molecule has 0 radical (unpaired) electrons. The van der Waals surface area contributed by atoms with Crippen LogP contribution in [0.5, 0.6) is 5.75 Å². The third-order valence-electron chi connectivity index (χ3n) is 3.76. The Bertz CT molecular complexity index is 970. The highest BCUT2D eigenvalue weighted by molar-refractivity contribution is 8.00. The Kier molecular flexibility index (Phi) is 7.26. The van der Waals surface area contributed by atoms with Crippen molar-refractivity contribution in [3.63, 3.8) is 0 Å². The molecule has 0 aliphatic carbocycles. The monoisotopic (exact) mass is 427 g/mol. The van der Waals surface area contributed by atoms with E-state index in [1.165, 1.54) is 30.0 Å². The summed E-state index contributed by atoms with van der Waals surface area (Å²) in [7, 11) is 0. The van der Waals surface area contributed by atoms with Gasteiger partial charge in [0.1, 0.15) is 5.75 Å². The molecule has 0 atom stereocenters. The topological polar surface area (TPSA) is 80.3 Å². The van der Waals surface area contributed by atoms with E-state index in [0.717, 1.165) is 27.6 Å². The number of carbonyl (C=O) groups is 2. The molecule has 2 amide bonds. The van der Waals surface area contributed by atoms with Crippen LogP contribution in [0.25, 0.3) is 11.3 Å². The van der Waals surface area contributed by atoms with Crippen molar-refractivity contribution in [1.29, 1.82) is 0 Å². The van der Waals surface area contributed by atoms with Gasteiger partial charge in [-0.25, -0.2) is 4.98 Å². The number of hydrogen-bond acceptors (Lipinski definition) is 6. The Morgan fingerprint density at radius 3 is 2.45 bits per heavy atom. The van der Waals surface area contributed by atoms with Gasteiger partial charge < -0.3 is 15.4 Å². The summed E-state index contributed by atoms with van der Waals surface area (Å²) in [5.74, 6) is 0.904. The predicted molar refractivity (Wildman–Crippen MR) is 119 cm³/mol. The first-order valence-corrected chi connectivity index (χ1v) is 10.9. The minimum atomic E-state index is -0.112. The summed E-state index contributed by atoms with van der Waals surface area (Å²) in [5, 5.41) is 8.02. The molecule has 0 fully saturated rings. The zero-order valence-electron chi connectivity index (χ0n) is 16.1. The van der Waals surface area contributed by atoms with E-state index in [2.05, 4.69) is 15.6 Å². The minimum Gasteiger partial charge on any atom is -0.494 e. The van der Waals surface area contributed by atoms with Gasteiger partial charge in [0.05, 0.1) is 18.1 Å². The maximum Gasteiger partial charge on any atom is 0.236 e. The van der Waals surface area contributed by atoms with E-state index < -0.39 is 0 Å². The second kappa shape index (κ2) is 10.1. The van der Waals surface area contributed by atoms with Gasteiger partial charge in [0.25, 0.3) is 0 Å². The van der Waals surface area contributed by atoms with Gasteiger partial charge in [0.2, 0.25) is 11.8 Å². The second-order valence-electron chi connectivity index (χ2n) is 6.04. The van der Waals surface area contributed by atoms with E-state index in [9.17, 15) is 9.59 Å². The van der Waals surface area contributed by atoms with Gasteiger partial charge in [-0.15, -0.1) is 23.1 Å². The quantitative estimate of drug-likeness (QED) is 0.500. The lowest BCUT2D eigenvalue weighted by Crippen LogP contribution is -2.13. The summed E-state index contributed by atoms with van der Waals surface area (Å²) in [4.78, 5) is 28.8. The predicted octanol–water partition coefficient (Wildman–Crippen LogP) is 4.90. The van der Waals surface area contributed by atoms with Crippen molar-refractivity contribution in [2.24, 2.45) is 0 Å². The van der Waals surface area contributed by atoms with Crippen LogP contribution < -0.4 is 15.4 Å². The highest BCUT2D eigenvalue weighted by Gasteiger charge is 2.09. The van der Waals surface area contributed by atoms with Crippen molar-refractivity contribution in [3.05, 3.63) is 53.9 Å². The smallest absolute Gasteiger partial charge is 0.236 e. The molecule has 150 valence electrons. The van der Waals surface area contributed by atoms with Crippen LogP contribution in [0.15, 0.2) is 58.8 Å². The lowest BCUT2D eigenvalue weighted by molar-refractivity contribution is -0.114. The molecule has 0 unspecified atom stereocenters. The first kappa shape index (κ1) is 20.9. The molecule has 3 rings (SSSR count). The number of thiazole rings is 1. The van der Waals surface area contributed by atoms with Gasteiger partial charge in [0.15, 0.2) is 5.13 Å². The number of thioether (sulfide) groups is 1. The average molecular weight is 428 g/mol. The van der Waals surface area contributed by atoms with Crippen LogP contribution in [-0.4, -0.2) is 29.2 Å². The molecule has 0 saturated heterocycles. The normalized spacial score (nSPS) is 10.4. The number of aromatic nitrogens is 1. The minimum absolute atomic E-state index is 0.106. The summed E-state index contributed by atoms with van der Waals surface area (Å²) in [5.41, 5.74) is 2.43. The lowest BCUT2D eigenvalue weighted by Gasteiger charge is -2.05. The molecule has 1 aromatic heterocycles. The van der Waals surface area contributed by atoms with Crippen molar-refractivity contribution in [2.75, 3.05) is 23.0 Å². The van der Waals surface area contributed by atoms with Crippen molar-refractivity contribution >= 4 is 45.7 Å². The molecule has 0 bridgehead atoms. The largest absolute Gasteiger partial charge is 0.494 e. The molecule has 2 N–H and O–H groups in total. The standard InChI is InChI=1S/C21H21N3O3S2/c1-3-27-17-8-10-18(11-9-17)28-13-20(26)24-21-23-19(12-29-21)15-4-6-16(7-5-15)22-14(2)25/h4-12H,3,13H2,1-2H3,(H,22,25)(H,23,24,26). The molecule has 29 heavy (non-hydrogen) atoms. The van der Waals surface area contributed by atoms with Gasteiger partial charge in [-0.2, -0.15) is 0 Å². The Morgan fingerprint density at radius 1 is 1.07 bits per heavy atom. The molecule has 3 aromatic rings. The third kappa shape index (κ3) is 6.33. The molecule has 8 heteroatoms. The lowest BCUT2D eigenvalue weighted by atomic mass is 10.1. The van der Waals surface area contributed by atoms with E-state index >= 15 is 0 Å². The van der Waals surface area contributed by atoms with Gasteiger partial charge in [0, 0.05) is 28.5 Å². The molecular weight excluding hydrogens is 406 g/mol. The van der Waals surface area contributed by atoms with Gasteiger partial charge in [-0.1, -0.05) is 12.1 Å². The van der Waals surface area contributed by atoms with E-state index in [4.69, 9.17) is 4.74 Å². The molecule has 0 spiro atoms. The molecule has 0 aliphatic rings. The Hall–Kier alpha value is -2.84. The van der Waals surface area contributed by atoms with Crippen molar-refractivity contribution < 1.29 is 14.3 Å². The van der Waals surface area contributed by atoms with Crippen molar-refractivity contribution in [2.45, 2.75) is 18.7 Å². The fourth-order valence-corrected chi connectivity index (χ4v) is 3.93. The van der Waals surface area contributed by atoms with E-state index in [1.54, 1.807) is 0 Å². The fourth-order valence-electron chi connectivity index (χ4n) is 2.49. The number of benzene rings is 2. The number of carbonyl (C=O) groups excluding carboxylic acids is 2. The van der Waals surface area contributed by atoms with E-state index in [1.807, 2.05) is 60.8 Å². The molecule has 2 aromatic carbocycles. The van der Waals surface area contributed by atoms with Crippen LogP contribution >= 0.6 is 23.1 Å². The van der Waals surface area contributed by atoms with Gasteiger partial charge in [-0.3, -0.25) is 9.59 Å². The van der Waals surface area contributed by atoms with Crippen LogP contribution in [0.3, 0.4) is 0 Å². The Balaban J connectivity index is 1.52. The van der Waals surface area contributed by atoms with E-state index in [-0.39, 0.29) is 11.8 Å². The van der Waals surface area contributed by atoms with Gasteiger partial charge >= 0.3 is 0 Å². The molecule has 0 aliphatic heterocycles. The summed E-state index contributed by atoms with van der Waals surface area (Å²) >= 11 is 2.84. The van der Waals surface area contributed by atoms with Crippen LogP contribution in [0, 0.1) is 0 Å². The summed E-state index contributed by atoms with van der Waals surface area (Å²) in [6, 6.07) is 15.1. The number of hydrogen-bond donors (Lipinski definition) is 2. The van der Waals surface area contributed by atoms with Crippen LogP contribution in [0.2, 0.25) is 0 Å². The maximum atomic E-state index is 12.2. The molecule has 1 heterocycles. The fraction of sp³-hybridized carbons (Fsp3) is 0.190. The maximum absolute atomic E-state index is 12.2. The zero-order chi connectivity index (χ0) is 20.6. The number of rotatable bonds is 8. The zero-order valence-corrected chi connectivity index (χ0v) is 17.7. The van der Waals surface area contributed by atoms with E-state index in [0.29, 0.717) is 17.5 Å². The number of anilines is 2. The van der Waals surface area contributed by atoms with Crippen molar-refractivity contribution in [1.82, 2.24) is 4.98 Å². The molecule has 6 nitrogen and oxygen atoms in total. The van der Waals surface area contributed by atoms with Crippen LogP contribution in [0.4, 0.5) is 10.8 Å². The highest BCUT2D eigenvalue weighted by Crippen LogP contribution is 2.27. The number of nitrogens with zero attached hydrogens (tertiary/aromatic N) is 1. The summed E-state index contributed by atoms with van der Waals surface area (Å²) in [6.07, 6.45) is 0. The Morgan fingerprint density at radius 2 is 1.79 bits per heavy atom. The number of amides is 2. The average Bonchev–Trinajstić information content (AvgIpc) is 3.16. The molecule has 0 saturated carbocycles. The highest BCUT2D eigenvalue weighted by atomic mass is 32.2. The second-order valence-corrected chi connectivity index (χ2v) is 7.94. The SMILES string of the molecule is CCOc1ccc(SCC(=O)Nc2nc(-c3ccc(NC(C)=O)cc3)cs2)cc1. The van der Waals surface area contributed by atoms with Crippen LogP contribution in [-0.2, 0) is 9.59 Å². The first-order valence-electron chi connectivity index (χ1n) is 9.02. The third-order valence-corrected chi connectivity index (χ3v) is 5.53. The first-order chi connectivity index (χ1) is 14.0. The number of ether oxygens (including phenoxy) is 1. The number of nitrogens with one attached hydrogen (secondary N) is 2.